The minimum atomic E-state index is -3.50. The number of anilines is 1. The van der Waals surface area contributed by atoms with Crippen molar-refractivity contribution in [1.29, 1.82) is 0 Å². The molecule has 4 aromatic rings. The van der Waals surface area contributed by atoms with Crippen molar-refractivity contribution >= 4 is 21.4 Å². The Morgan fingerprint density at radius 3 is 2.63 bits per heavy atom. The number of rotatable bonds is 6. The molecule has 2 aromatic carbocycles. The number of benzene rings is 2. The minimum Gasteiger partial charge on any atom is -0.454 e. The fourth-order valence-corrected chi connectivity index (χ4v) is 3.45. The first kappa shape index (κ1) is 19.8. The molecule has 0 spiro atoms. The van der Waals surface area contributed by atoms with Gasteiger partial charge in [-0.25, -0.2) is 17.2 Å². The van der Waals surface area contributed by atoms with Crippen LogP contribution in [-0.2, 0) is 10.0 Å². The zero-order chi connectivity index (χ0) is 21.3. The summed E-state index contributed by atoms with van der Waals surface area (Å²) in [6.07, 6.45) is 3.25. The van der Waals surface area contributed by atoms with Gasteiger partial charge in [-0.15, -0.1) is 10.2 Å². The van der Waals surface area contributed by atoms with Crippen molar-refractivity contribution in [1.82, 2.24) is 14.6 Å². The molecule has 0 aliphatic rings. The molecule has 30 heavy (non-hydrogen) atoms. The fourth-order valence-electron chi connectivity index (χ4n) is 2.82. The van der Waals surface area contributed by atoms with E-state index in [0.29, 0.717) is 22.5 Å². The summed E-state index contributed by atoms with van der Waals surface area (Å²) in [6.45, 7) is 1.53. The van der Waals surface area contributed by atoms with Gasteiger partial charge in [0.2, 0.25) is 10.0 Å². The van der Waals surface area contributed by atoms with Crippen molar-refractivity contribution in [3.63, 3.8) is 0 Å². The predicted octanol–water partition coefficient (Wildman–Crippen LogP) is 4.23. The van der Waals surface area contributed by atoms with Crippen molar-refractivity contribution in [2.45, 2.75) is 6.92 Å². The van der Waals surface area contributed by atoms with Crippen LogP contribution in [0, 0.1) is 11.6 Å². The molecule has 0 atom stereocenters. The Balaban J connectivity index is 1.81. The van der Waals surface area contributed by atoms with Gasteiger partial charge in [0.1, 0.15) is 17.9 Å². The van der Waals surface area contributed by atoms with Gasteiger partial charge in [-0.3, -0.25) is 9.12 Å². The van der Waals surface area contributed by atoms with E-state index in [2.05, 4.69) is 14.9 Å². The molecule has 0 unspecified atom stereocenters. The van der Waals surface area contributed by atoms with E-state index in [1.165, 1.54) is 31.5 Å². The van der Waals surface area contributed by atoms with E-state index in [9.17, 15) is 17.2 Å². The van der Waals surface area contributed by atoms with E-state index in [-0.39, 0.29) is 17.3 Å². The van der Waals surface area contributed by atoms with Crippen LogP contribution in [0.4, 0.5) is 14.5 Å². The number of pyridine rings is 1. The van der Waals surface area contributed by atoms with Crippen molar-refractivity contribution in [3.8, 4) is 22.6 Å². The molecule has 0 saturated heterocycles. The lowest BCUT2D eigenvalue weighted by molar-refractivity contribution is 0.439. The third-order valence-electron chi connectivity index (χ3n) is 4.35. The van der Waals surface area contributed by atoms with Gasteiger partial charge in [0.25, 0.3) is 0 Å². The predicted molar refractivity (Wildman–Crippen MR) is 108 cm³/mol. The molecule has 0 radical (unpaired) electrons. The molecule has 0 saturated carbocycles. The highest BCUT2D eigenvalue weighted by Gasteiger charge is 2.15. The summed E-state index contributed by atoms with van der Waals surface area (Å²) in [7, 11) is -3.50. The number of nitrogens with one attached hydrogen (secondary N) is 1. The quantitative estimate of drug-likeness (QED) is 0.495. The minimum absolute atomic E-state index is 0.0892. The Morgan fingerprint density at radius 2 is 1.87 bits per heavy atom. The van der Waals surface area contributed by atoms with E-state index < -0.39 is 21.7 Å². The Labute approximate surface area is 171 Å². The maximum atomic E-state index is 14.1. The summed E-state index contributed by atoms with van der Waals surface area (Å²) in [4.78, 5) is 0. The van der Waals surface area contributed by atoms with E-state index >= 15 is 0 Å². The molecule has 7 nitrogen and oxygen atoms in total. The molecule has 154 valence electrons. The average Bonchev–Trinajstić information content (AvgIpc) is 3.18. The number of fused-ring (bicyclic) bond motifs is 1. The van der Waals surface area contributed by atoms with Crippen LogP contribution < -0.4 is 9.46 Å². The summed E-state index contributed by atoms with van der Waals surface area (Å²) in [6, 6.07) is 11.1. The van der Waals surface area contributed by atoms with Gasteiger partial charge >= 0.3 is 0 Å². The molecule has 10 heteroatoms. The van der Waals surface area contributed by atoms with E-state index in [1.54, 1.807) is 28.8 Å². The molecule has 0 fully saturated rings. The van der Waals surface area contributed by atoms with Gasteiger partial charge in [-0.05, 0) is 49.4 Å². The molecule has 2 heterocycles. The van der Waals surface area contributed by atoms with Gasteiger partial charge in [0, 0.05) is 29.1 Å². The van der Waals surface area contributed by atoms with Crippen LogP contribution in [0.15, 0.2) is 61.1 Å². The molecular weight excluding hydrogens is 414 g/mol. The van der Waals surface area contributed by atoms with Gasteiger partial charge < -0.3 is 4.74 Å². The standard InChI is InChI=1S/C20H16F2N4O3S/c1-2-30(27,28)25-15-5-7-18(29-19-6-4-14(21)9-17(19)22)16(10-15)13-3-8-20-24-23-12-26(20)11-13/h3-12,25H,2H2,1H3. The van der Waals surface area contributed by atoms with Crippen LogP contribution in [0.5, 0.6) is 11.5 Å². The summed E-state index contributed by atoms with van der Waals surface area (Å²) in [5.41, 5.74) is 2.08. The average molecular weight is 430 g/mol. The van der Waals surface area contributed by atoms with Crippen molar-refractivity contribution in [2.24, 2.45) is 0 Å². The first-order valence-corrected chi connectivity index (χ1v) is 10.6. The lowest BCUT2D eigenvalue weighted by Crippen LogP contribution is -2.14. The highest BCUT2D eigenvalue weighted by Crippen LogP contribution is 2.36. The molecule has 0 aliphatic heterocycles. The van der Waals surface area contributed by atoms with Crippen LogP contribution in [0.3, 0.4) is 0 Å². The van der Waals surface area contributed by atoms with Crippen LogP contribution in [0.2, 0.25) is 0 Å². The van der Waals surface area contributed by atoms with Crippen molar-refractivity contribution in [3.05, 3.63) is 72.7 Å². The van der Waals surface area contributed by atoms with E-state index in [4.69, 9.17) is 4.74 Å². The van der Waals surface area contributed by atoms with Crippen LogP contribution in [0.1, 0.15) is 6.92 Å². The molecule has 0 bridgehead atoms. The lowest BCUT2D eigenvalue weighted by Gasteiger charge is -2.15. The van der Waals surface area contributed by atoms with E-state index in [1.807, 2.05) is 0 Å². The van der Waals surface area contributed by atoms with Gasteiger partial charge in [-0.1, -0.05) is 0 Å². The monoisotopic (exact) mass is 430 g/mol. The Kier molecular flexibility index (Phi) is 5.08. The maximum Gasteiger partial charge on any atom is 0.232 e. The van der Waals surface area contributed by atoms with E-state index in [0.717, 1.165) is 12.1 Å². The van der Waals surface area contributed by atoms with Crippen molar-refractivity contribution < 1.29 is 21.9 Å². The third-order valence-corrected chi connectivity index (χ3v) is 5.66. The topological polar surface area (TPSA) is 85.6 Å². The summed E-state index contributed by atoms with van der Waals surface area (Å²) >= 11 is 0. The Bertz CT molecular complexity index is 1340. The number of halogens is 2. The second-order valence-corrected chi connectivity index (χ2v) is 8.42. The molecule has 0 aliphatic carbocycles. The summed E-state index contributed by atoms with van der Waals surface area (Å²) in [5, 5.41) is 7.77. The maximum absolute atomic E-state index is 14.1. The Hall–Kier alpha value is -3.53. The van der Waals surface area contributed by atoms with Gasteiger partial charge in [0.05, 0.1) is 5.75 Å². The zero-order valence-corrected chi connectivity index (χ0v) is 16.5. The Morgan fingerprint density at radius 1 is 1.07 bits per heavy atom. The number of sulfonamides is 1. The molecular formula is C20H16F2N4O3S. The normalized spacial score (nSPS) is 11.6. The van der Waals surface area contributed by atoms with Crippen LogP contribution in [0.25, 0.3) is 16.8 Å². The lowest BCUT2D eigenvalue weighted by atomic mass is 10.1. The number of aromatic nitrogens is 3. The highest BCUT2D eigenvalue weighted by molar-refractivity contribution is 7.92. The largest absolute Gasteiger partial charge is 0.454 e. The zero-order valence-electron chi connectivity index (χ0n) is 15.7. The number of ether oxygens (including phenoxy) is 1. The smallest absolute Gasteiger partial charge is 0.232 e. The van der Waals surface area contributed by atoms with Gasteiger partial charge in [0.15, 0.2) is 17.2 Å². The molecule has 1 N–H and O–H groups in total. The van der Waals surface area contributed by atoms with Crippen molar-refractivity contribution in [2.75, 3.05) is 10.5 Å². The first-order chi connectivity index (χ1) is 14.3. The molecule has 0 amide bonds. The number of hydrogen-bond acceptors (Lipinski definition) is 5. The second-order valence-electron chi connectivity index (χ2n) is 6.41. The second kappa shape index (κ2) is 7.71. The number of nitrogens with zero attached hydrogens (tertiary/aromatic N) is 3. The molecule has 2 aromatic heterocycles. The first-order valence-electron chi connectivity index (χ1n) is 8.92. The SMILES string of the molecule is CCS(=O)(=O)Nc1ccc(Oc2ccc(F)cc2F)c(-c2ccc3nncn3c2)c1. The summed E-state index contributed by atoms with van der Waals surface area (Å²) in [5.74, 6) is -1.57. The number of hydrogen-bond donors (Lipinski definition) is 1. The third kappa shape index (κ3) is 4.08. The summed E-state index contributed by atoms with van der Waals surface area (Å²) < 4.78 is 61.1. The van der Waals surface area contributed by atoms with Crippen LogP contribution in [-0.4, -0.2) is 28.8 Å². The molecule has 4 rings (SSSR count). The fraction of sp³-hybridized carbons (Fsp3) is 0.100. The van der Waals surface area contributed by atoms with Gasteiger partial charge in [-0.2, -0.15) is 0 Å². The highest BCUT2D eigenvalue weighted by atomic mass is 32.2. The van der Waals surface area contributed by atoms with Crippen LogP contribution >= 0.6 is 0 Å².